The molecule has 0 aromatic carbocycles. The highest BCUT2D eigenvalue weighted by Gasteiger charge is 2.09. The summed E-state index contributed by atoms with van der Waals surface area (Å²) in [5.74, 6) is -1.31. The Kier molecular flexibility index (Phi) is 7.61. The number of carbonyl (C=O) groups excluding carboxylic acids is 2. The van der Waals surface area contributed by atoms with Gasteiger partial charge in [-0.3, -0.25) is 9.59 Å². The van der Waals surface area contributed by atoms with E-state index in [1.54, 1.807) is 6.92 Å². The molecule has 4 nitrogen and oxygen atoms in total. The van der Waals surface area contributed by atoms with Crippen molar-refractivity contribution < 1.29 is 19.1 Å². The maximum Gasteiger partial charge on any atom is 0.321 e. The van der Waals surface area contributed by atoms with Crippen LogP contribution in [0.5, 0.6) is 0 Å². The van der Waals surface area contributed by atoms with Gasteiger partial charge < -0.3 is 9.47 Å². The highest BCUT2D eigenvalue weighted by molar-refractivity contribution is 6.26. The van der Waals surface area contributed by atoms with Crippen molar-refractivity contribution in [3.63, 3.8) is 0 Å². The molecule has 6 heteroatoms. The normalized spacial score (nSPS) is 11.9. The van der Waals surface area contributed by atoms with Crippen molar-refractivity contribution >= 4 is 35.1 Å². The Morgan fingerprint density at radius 3 is 2.29 bits per heavy atom. The second-order valence-corrected chi connectivity index (χ2v) is 3.11. The van der Waals surface area contributed by atoms with Crippen molar-refractivity contribution in [3.05, 3.63) is 0 Å². The van der Waals surface area contributed by atoms with E-state index in [9.17, 15) is 9.59 Å². The molecule has 0 N–H and O–H groups in total. The molecule has 1 atom stereocenters. The van der Waals surface area contributed by atoms with Gasteiger partial charge >= 0.3 is 11.9 Å². The largest absolute Gasteiger partial charge is 0.465 e. The molecular formula is C8H12Cl2O4. The lowest BCUT2D eigenvalue weighted by molar-refractivity contribution is -0.147. The molecular weight excluding hydrogens is 231 g/mol. The Balaban J connectivity index is 3.49. The van der Waals surface area contributed by atoms with Gasteiger partial charge in [-0.25, -0.2) is 0 Å². The van der Waals surface area contributed by atoms with Crippen LogP contribution in [0, 0.1) is 0 Å². The van der Waals surface area contributed by atoms with Crippen molar-refractivity contribution in [2.24, 2.45) is 0 Å². The van der Waals surface area contributed by atoms with Crippen LogP contribution in [0.25, 0.3) is 0 Å². The lowest BCUT2D eigenvalue weighted by Gasteiger charge is -2.11. The first-order valence-electron chi connectivity index (χ1n) is 4.07. The number of hydrogen-bond donors (Lipinski definition) is 0. The van der Waals surface area contributed by atoms with E-state index in [1.165, 1.54) is 0 Å². The van der Waals surface area contributed by atoms with Gasteiger partial charge in [0.15, 0.2) is 0 Å². The second kappa shape index (κ2) is 7.88. The van der Waals surface area contributed by atoms with Gasteiger partial charge in [-0.15, -0.1) is 23.2 Å². The fourth-order valence-corrected chi connectivity index (χ4v) is 0.832. The van der Waals surface area contributed by atoms with Crippen molar-refractivity contribution in [2.75, 3.05) is 18.4 Å². The molecule has 0 aliphatic heterocycles. The predicted octanol–water partition coefficient (Wildman–Crippen LogP) is 1.33. The Labute approximate surface area is 92.5 Å². The highest BCUT2D eigenvalue weighted by atomic mass is 35.5. The summed E-state index contributed by atoms with van der Waals surface area (Å²) in [7, 11) is 0. The zero-order chi connectivity index (χ0) is 11.0. The molecule has 0 saturated carbocycles. The van der Waals surface area contributed by atoms with E-state index < -0.39 is 11.9 Å². The molecule has 14 heavy (non-hydrogen) atoms. The number of hydrogen-bond acceptors (Lipinski definition) is 4. The Morgan fingerprint density at radius 1 is 1.21 bits per heavy atom. The van der Waals surface area contributed by atoms with Crippen molar-refractivity contribution in [1.29, 1.82) is 0 Å². The minimum Gasteiger partial charge on any atom is -0.465 e. The Bertz CT molecular complexity index is 196. The monoisotopic (exact) mass is 242 g/mol. The zero-order valence-electron chi connectivity index (χ0n) is 7.79. The van der Waals surface area contributed by atoms with Crippen LogP contribution in [0.3, 0.4) is 0 Å². The summed E-state index contributed by atoms with van der Waals surface area (Å²) < 4.78 is 9.50. The molecule has 0 spiro atoms. The maximum atomic E-state index is 10.7. The van der Waals surface area contributed by atoms with E-state index in [1.807, 2.05) is 0 Å². The van der Waals surface area contributed by atoms with Gasteiger partial charge in [0.05, 0.1) is 6.61 Å². The van der Waals surface area contributed by atoms with Gasteiger partial charge in [0.1, 0.15) is 17.9 Å². The molecule has 0 bridgehead atoms. The van der Waals surface area contributed by atoms with E-state index in [0.717, 1.165) is 0 Å². The zero-order valence-corrected chi connectivity index (χ0v) is 9.31. The molecule has 0 saturated heterocycles. The third-order valence-electron chi connectivity index (χ3n) is 1.34. The first-order chi connectivity index (χ1) is 6.60. The number of halogens is 2. The molecule has 0 radical (unpaired) electrons. The third kappa shape index (κ3) is 6.97. The summed E-state index contributed by atoms with van der Waals surface area (Å²) in [5, 5.41) is 0. The average Bonchev–Trinajstić information content (AvgIpc) is 2.17. The van der Waals surface area contributed by atoms with Crippen LogP contribution in [0.1, 0.15) is 13.3 Å². The fourth-order valence-electron chi connectivity index (χ4n) is 0.692. The lowest BCUT2D eigenvalue weighted by atomic mass is 10.3. The van der Waals surface area contributed by atoms with Gasteiger partial charge in [-0.2, -0.15) is 0 Å². The standard InChI is InChI=1S/C8H12Cl2O4/c1-6(14-8(12)5-10)2-3-13-7(11)4-9/h6H,2-5H2,1H3. The van der Waals surface area contributed by atoms with Crippen LogP contribution >= 0.6 is 23.2 Å². The summed E-state index contributed by atoms with van der Waals surface area (Å²) >= 11 is 10.4. The van der Waals surface area contributed by atoms with Crippen LogP contribution in [-0.4, -0.2) is 36.4 Å². The van der Waals surface area contributed by atoms with Gasteiger partial charge in [0.25, 0.3) is 0 Å². The lowest BCUT2D eigenvalue weighted by Crippen LogP contribution is -2.18. The van der Waals surface area contributed by atoms with Crippen molar-refractivity contribution in [2.45, 2.75) is 19.4 Å². The van der Waals surface area contributed by atoms with Gasteiger partial charge in [0.2, 0.25) is 0 Å². The quantitative estimate of drug-likeness (QED) is 0.521. The molecule has 1 unspecified atom stereocenters. The third-order valence-corrected chi connectivity index (χ3v) is 1.77. The first-order valence-corrected chi connectivity index (χ1v) is 5.14. The van der Waals surface area contributed by atoms with Crippen LogP contribution < -0.4 is 0 Å². The van der Waals surface area contributed by atoms with E-state index >= 15 is 0 Å². The Hall–Kier alpha value is -0.480. The van der Waals surface area contributed by atoms with E-state index in [0.29, 0.717) is 6.42 Å². The summed E-state index contributed by atoms with van der Waals surface area (Å²) in [4.78, 5) is 21.3. The molecule has 0 aliphatic carbocycles. The van der Waals surface area contributed by atoms with Crippen molar-refractivity contribution in [1.82, 2.24) is 0 Å². The van der Waals surface area contributed by atoms with Crippen LogP contribution in [-0.2, 0) is 19.1 Å². The minimum absolute atomic E-state index is 0.171. The smallest absolute Gasteiger partial charge is 0.321 e. The van der Waals surface area contributed by atoms with Crippen LogP contribution in [0.15, 0.2) is 0 Å². The van der Waals surface area contributed by atoms with Crippen LogP contribution in [0.4, 0.5) is 0 Å². The summed E-state index contributed by atoms with van der Waals surface area (Å²) in [6.07, 6.45) is 0.120. The SMILES string of the molecule is CC(CCOC(=O)CCl)OC(=O)CCl. The average molecular weight is 243 g/mol. The van der Waals surface area contributed by atoms with Gasteiger partial charge in [0, 0.05) is 6.42 Å². The fraction of sp³-hybridized carbons (Fsp3) is 0.750. The maximum absolute atomic E-state index is 10.7. The van der Waals surface area contributed by atoms with E-state index in [4.69, 9.17) is 27.9 Å². The molecule has 0 fully saturated rings. The topological polar surface area (TPSA) is 52.6 Å². The molecule has 82 valence electrons. The first kappa shape index (κ1) is 13.5. The molecule has 0 aromatic rings. The Morgan fingerprint density at radius 2 is 1.79 bits per heavy atom. The molecule has 0 amide bonds. The van der Waals surface area contributed by atoms with Gasteiger partial charge in [-0.05, 0) is 6.92 Å². The summed E-state index contributed by atoms with van der Waals surface area (Å²) in [6, 6.07) is 0. The van der Waals surface area contributed by atoms with E-state index in [-0.39, 0.29) is 24.5 Å². The summed E-state index contributed by atoms with van der Waals surface area (Å²) in [5.41, 5.74) is 0. The summed E-state index contributed by atoms with van der Waals surface area (Å²) in [6.45, 7) is 1.88. The van der Waals surface area contributed by atoms with Gasteiger partial charge in [-0.1, -0.05) is 0 Å². The predicted molar refractivity (Wildman–Crippen MR) is 52.6 cm³/mol. The van der Waals surface area contributed by atoms with E-state index in [2.05, 4.69) is 4.74 Å². The number of alkyl halides is 2. The number of carbonyl (C=O) groups is 2. The molecule has 0 heterocycles. The number of ether oxygens (including phenoxy) is 2. The highest BCUT2D eigenvalue weighted by Crippen LogP contribution is 1.99. The number of esters is 2. The molecule has 0 aromatic heterocycles. The second-order valence-electron chi connectivity index (χ2n) is 2.58. The van der Waals surface area contributed by atoms with Crippen molar-refractivity contribution in [3.8, 4) is 0 Å². The van der Waals surface area contributed by atoms with Crippen LogP contribution in [0.2, 0.25) is 0 Å². The molecule has 0 rings (SSSR count). The molecule has 0 aliphatic rings. The number of rotatable bonds is 6. The minimum atomic E-state index is -0.484.